The predicted molar refractivity (Wildman–Crippen MR) is 105 cm³/mol. The van der Waals surface area contributed by atoms with Crippen LogP contribution in [0.15, 0.2) is 24.3 Å². The van der Waals surface area contributed by atoms with E-state index in [2.05, 4.69) is 24.4 Å². The molecule has 5 heteroatoms. The molecule has 2 aliphatic heterocycles. The maximum absolute atomic E-state index is 12.8. The van der Waals surface area contributed by atoms with E-state index in [9.17, 15) is 9.59 Å². The number of hydrogen-bond donors (Lipinski definition) is 1. The fourth-order valence-electron chi connectivity index (χ4n) is 3.95. The van der Waals surface area contributed by atoms with Crippen molar-refractivity contribution < 1.29 is 14.3 Å². The molecule has 5 nitrogen and oxygen atoms in total. The Hall–Kier alpha value is -2.30. The van der Waals surface area contributed by atoms with Crippen LogP contribution in [-0.2, 0) is 16.0 Å². The number of ether oxygens (including phenoxy) is 1. The molecule has 3 aliphatic rings. The molecule has 0 unspecified atom stereocenters. The first kappa shape index (κ1) is 18.1. The van der Waals surface area contributed by atoms with Crippen molar-refractivity contribution in [1.29, 1.82) is 0 Å². The van der Waals surface area contributed by atoms with E-state index in [-0.39, 0.29) is 17.4 Å². The van der Waals surface area contributed by atoms with Gasteiger partial charge in [0, 0.05) is 12.2 Å². The normalized spacial score (nSPS) is 23.4. The second-order valence-corrected chi connectivity index (χ2v) is 9.30. The van der Waals surface area contributed by atoms with Gasteiger partial charge >= 0.3 is 6.09 Å². The number of nitrogens with zero attached hydrogens (tertiary/aromatic N) is 1. The van der Waals surface area contributed by atoms with Crippen LogP contribution in [0.3, 0.4) is 0 Å². The lowest BCUT2D eigenvalue weighted by atomic mass is 9.88. The summed E-state index contributed by atoms with van der Waals surface area (Å²) in [5, 5.41) is 3.05. The first-order valence-corrected chi connectivity index (χ1v) is 9.82. The topological polar surface area (TPSA) is 58.6 Å². The molecule has 0 aromatic heterocycles. The molecule has 2 amide bonds. The summed E-state index contributed by atoms with van der Waals surface area (Å²) in [7, 11) is 0. The first-order chi connectivity index (χ1) is 12.7. The predicted octanol–water partition coefficient (Wildman–Crippen LogP) is 4.58. The van der Waals surface area contributed by atoms with Crippen molar-refractivity contribution >= 4 is 23.4 Å². The zero-order valence-electron chi connectivity index (χ0n) is 16.6. The van der Waals surface area contributed by atoms with Gasteiger partial charge in [-0.25, -0.2) is 4.79 Å². The lowest BCUT2D eigenvalue weighted by molar-refractivity contribution is -0.121. The van der Waals surface area contributed by atoms with Gasteiger partial charge in [0.2, 0.25) is 5.91 Å². The van der Waals surface area contributed by atoms with E-state index < -0.39 is 5.60 Å². The van der Waals surface area contributed by atoms with E-state index >= 15 is 0 Å². The van der Waals surface area contributed by atoms with Gasteiger partial charge in [0.05, 0.1) is 11.1 Å². The Kier molecular flexibility index (Phi) is 4.09. The summed E-state index contributed by atoms with van der Waals surface area (Å²) < 4.78 is 5.64. The summed E-state index contributed by atoms with van der Waals surface area (Å²) in [6.45, 7) is 8.46. The number of anilines is 1. The third-order valence-corrected chi connectivity index (χ3v) is 5.63. The second-order valence-electron chi connectivity index (χ2n) is 9.30. The third kappa shape index (κ3) is 3.47. The second kappa shape index (κ2) is 6.11. The molecule has 2 heterocycles. The Labute approximate surface area is 160 Å². The van der Waals surface area contributed by atoms with E-state index in [0.29, 0.717) is 12.5 Å². The highest BCUT2D eigenvalue weighted by Crippen LogP contribution is 2.52. The van der Waals surface area contributed by atoms with Gasteiger partial charge < -0.3 is 10.1 Å². The molecule has 0 bridgehead atoms. The zero-order valence-corrected chi connectivity index (χ0v) is 16.6. The van der Waals surface area contributed by atoms with Gasteiger partial charge in [0.25, 0.3) is 0 Å². The molecule has 1 aromatic rings. The van der Waals surface area contributed by atoms with E-state index in [1.54, 1.807) is 4.90 Å². The summed E-state index contributed by atoms with van der Waals surface area (Å²) in [4.78, 5) is 26.8. The molecule has 1 aromatic carbocycles. The van der Waals surface area contributed by atoms with Crippen LogP contribution in [0.4, 0.5) is 10.5 Å². The summed E-state index contributed by atoms with van der Waals surface area (Å²) in [5.41, 5.74) is 3.27. The highest BCUT2D eigenvalue weighted by molar-refractivity contribution is 6.00. The quantitative estimate of drug-likeness (QED) is 0.789. The number of benzene rings is 1. The number of fused-ring (bicyclic) bond motifs is 1. The summed E-state index contributed by atoms with van der Waals surface area (Å²) in [5.74, 6) is 0.553. The molecule has 0 radical (unpaired) electrons. The van der Waals surface area contributed by atoms with E-state index in [1.807, 2.05) is 32.9 Å². The maximum atomic E-state index is 12.8. The zero-order chi connectivity index (χ0) is 19.4. The van der Waals surface area contributed by atoms with Gasteiger partial charge in [-0.3, -0.25) is 9.69 Å². The van der Waals surface area contributed by atoms with E-state index in [1.165, 1.54) is 0 Å². The molecule has 4 rings (SSSR count). The molecule has 144 valence electrons. The molecule has 27 heavy (non-hydrogen) atoms. The Balaban J connectivity index is 1.65. The number of amides is 2. The Morgan fingerprint density at radius 2 is 2.04 bits per heavy atom. The first-order valence-electron chi connectivity index (χ1n) is 9.82. The molecule has 1 atom stereocenters. The Morgan fingerprint density at radius 3 is 2.70 bits per heavy atom. The summed E-state index contributed by atoms with van der Waals surface area (Å²) in [6, 6.07) is 6.08. The van der Waals surface area contributed by atoms with Gasteiger partial charge in [-0.05, 0) is 75.6 Å². The molecule has 1 spiro atoms. The highest BCUT2D eigenvalue weighted by Gasteiger charge is 2.52. The van der Waals surface area contributed by atoms with Crippen molar-refractivity contribution in [2.24, 2.45) is 11.3 Å². The van der Waals surface area contributed by atoms with Gasteiger partial charge in [-0.1, -0.05) is 19.1 Å². The maximum Gasteiger partial charge on any atom is 0.414 e. The van der Waals surface area contributed by atoms with Crippen LogP contribution in [0.1, 0.15) is 58.1 Å². The number of carbonyl (C=O) groups is 2. The average molecular weight is 368 g/mol. The summed E-state index contributed by atoms with van der Waals surface area (Å²) in [6.07, 6.45) is 5.49. The van der Waals surface area contributed by atoms with Crippen molar-refractivity contribution in [3.8, 4) is 0 Å². The molecule has 1 saturated carbocycles. The SMILES string of the molecule is C[C@H]1CC=C(c2ccc3c(c2)CC2(CC2)C(=O)N3)N(C(=O)OC(C)(C)C)C1. The monoisotopic (exact) mass is 368 g/mol. The molecule has 0 saturated heterocycles. The van der Waals surface area contributed by atoms with Crippen molar-refractivity contribution in [3.63, 3.8) is 0 Å². The van der Waals surface area contributed by atoms with Crippen molar-refractivity contribution in [1.82, 2.24) is 4.90 Å². The van der Waals surface area contributed by atoms with Gasteiger partial charge in [-0.2, -0.15) is 0 Å². The Morgan fingerprint density at radius 1 is 1.30 bits per heavy atom. The van der Waals surface area contributed by atoms with Gasteiger partial charge in [0.1, 0.15) is 5.60 Å². The molecular weight excluding hydrogens is 340 g/mol. The minimum Gasteiger partial charge on any atom is -0.443 e. The lowest BCUT2D eigenvalue weighted by Crippen LogP contribution is -2.39. The summed E-state index contributed by atoms with van der Waals surface area (Å²) >= 11 is 0. The highest BCUT2D eigenvalue weighted by atomic mass is 16.6. The van der Waals surface area contributed by atoms with Crippen LogP contribution < -0.4 is 5.32 Å². The van der Waals surface area contributed by atoms with Crippen molar-refractivity contribution in [3.05, 3.63) is 35.4 Å². The van der Waals surface area contributed by atoms with Crippen LogP contribution >= 0.6 is 0 Å². The minimum absolute atomic E-state index is 0.156. The number of allylic oxidation sites excluding steroid dienone is 1. The number of carbonyl (C=O) groups excluding carboxylic acids is 2. The van der Waals surface area contributed by atoms with Crippen LogP contribution in [0.5, 0.6) is 0 Å². The van der Waals surface area contributed by atoms with Crippen LogP contribution in [0.2, 0.25) is 0 Å². The number of hydrogen-bond acceptors (Lipinski definition) is 3. The Bertz CT molecular complexity index is 830. The fraction of sp³-hybridized carbons (Fsp3) is 0.545. The van der Waals surface area contributed by atoms with Gasteiger partial charge in [-0.15, -0.1) is 0 Å². The van der Waals surface area contributed by atoms with Crippen molar-refractivity contribution in [2.45, 2.75) is 59.0 Å². The third-order valence-electron chi connectivity index (χ3n) is 5.63. The standard InChI is InChI=1S/C22H28N2O3/c1-14-5-8-18(24(13-14)20(26)27-21(2,3)4)15-6-7-17-16(11-15)12-22(9-10-22)19(25)23-17/h6-8,11,14H,5,9-10,12-13H2,1-4H3,(H,23,25)/t14-/m0/s1. The fourth-order valence-corrected chi connectivity index (χ4v) is 3.95. The lowest BCUT2D eigenvalue weighted by Gasteiger charge is -2.34. The number of rotatable bonds is 1. The molecular formula is C22H28N2O3. The minimum atomic E-state index is -0.526. The van der Waals surface area contributed by atoms with Crippen LogP contribution in [0, 0.1) is 11.3 Å². The van der Waals surface area contributed by atoms with E-state index in [0.717, 1.165) is 48.2 Å². The molecule has 1 N–H and O–H groups in total. The van der Waals surface area contributed by atoms with Gasteiger partial charge in [0.15, 0.2) is 0 Å². The average Bonchev–Trinajstić information content (AvgIpc) is 3.34. The molecule has 1 fully saturated rings. The van der Waals surface area contributed by atoms with Crippen LogP contribution in [-0.4, -0.2) is 29.0 Å². The smallest absolute Gasteiger partial charge is 0.414 e. The largest absolute Gasteiger partial charge is 0.443 e. The number of nitrogens with one attached hydrogen (secondary N) is 1. The van der Waals surface area contributed by atoms with Crippen LogP contribution in [0.25, 0.3) is 5.70 Å². The van der Waals surface area contributed by atoms with E-state index in [4.69, 9.17) is 4.74 Å². The van der Waals surface area contributed by atoms with Crippen molar-refractivity contribution in [2.75, 3.05) is 11.9 Å². The molecule has 1 aliphatic carbocycles.